The highest BCUT2D eigenvalue weighted by Gasteiger charge is 2.29. The van der Waals surface area contributed by atoms with Crippen LogP contribution in [0.3, 0.4) is 0 Å². The summed E-state index contributed by atoms with van der Waals surface area (Å²) in [7, 11) is 0. The molecule has 1 atom stereocenters. The van der Waals surface area contributed by atoms with E-state index in [4.69, 9.17) is 4.74 Å². The van der Waals surface area contributed by atoms with Gasteiger partial charge in [0.15, 0.2) is 11.6 Å². The summed E-state index contributed by atoms with van der Waals surface area (Å²) >= 11 is 0. The molecule has 0 aliphatic heterocycles. The van der Waals surface area contributed by atoms with E-state index in [1.807, 2.05) is 25.1 Å². The average Bonchev–Trinajstić information content (AvgIpc) is 3.06. The fraction of sp³-hybridized carbons (Fsp3) is 0.450. The molecular weight excluding hydrogens is 553 g/mol. The molecule has 0 N–H and O–H groups in total. The van der Waals surface area contributed by atoms with Crippen LogP contribution in [-0.4, -0.2) is 6.61 Å². The Kier molecular flexibility index (Phi) is 11.4. The van der Waals surface area contributed by atoms with Gasteiger partial charge in [0.05, 0.1) is 0 Å². The Bertz CT molecular complexity index is 1430. The average molecular weight is 601 g/mol. The van der Waals surface area contributed by atoms with E-state index in [-0.39, 0.29) is 23.7 Å². The Morgan fingerprint density at radius 1 is 0.727 bits per heavy atom. The summed E-state index contributed by atoms with van der Waals surface area (Å²) in [5.74, 6) is 0.212. The lowest BCUT2D eigenvalue weighted by atomic mass is 9.70. The fourth-order valence-corrected chi connectivity index (χ4v) is 7.19. The minimum atomic E-state index is -1.01. The number of allylic oxidation sites excluding steroid dienone is 3. The van der Waals surface area contributed by atoms with E-state index in [0.717, 1.165) is 42.6 Å². The minimum Gasteiger partial charge on any atom is -0.486 e. The lowest BCUT2D eigenvalue weighted by Crippen LogP contribution is -2.23. The van der Waals surface area contributed by atoms with Crippen molar-refractivity contribution in [2.75, 3.05) is 6.61 Å². The SMILES string of the molecule is CCC=CCOc1ccc(-c2ccc(-c3ccc(C4=CCC(C5CCC(CCCCC)CC5)CC4)cc3F)cc2)c(F)c1F. The first-order valence-electron chi connectivity index (χ1n) is 16.8. The van der Waals surface area contributed by atoms with Crippen molar-refractivity contribution in [1.82, 2.24) is 0 Å². The maximum absolute atomic E-state index is 15.4. The van der Waals surface area contributed by atoms with Crippen LogP contribution in [0.1, 0.15) is 96.5 Å². The van der Waals surface area contributed by atoms with Gasteiger partial charge in [-0.2, -0.15) is 4.39 Å². The van der Waals surface area contributed by atoms with Crippen molar-refractivity contribution in [3.05, 3.63) is 95.8 Å². The summed E-state index contributed by atoms with van der Waals surface area (Å²) in [6.07, 6.45) is 21.3. The third-order valence-corrected chi connectivity index (χ3v) is 9.86. The molecule has 2 aliphatic carbocycles. The highest BCUT2D eigenvalue weighted by atomic mass is 19.2. The van der Waals surface area contributed by atoms with Crippen molar-refractivity contribution in [2.24, 2.45) is 17.8 Å². The third kappa shape index (κ3) is 7.86. The summed E-state index contributed by atoms with van der Waals surface area (Å²) in [5, 5.41) is 0. The van der Waals surface area contributed by atoms with Crippen LogP contribution in [0.2, 0.25) is 0 Å². The first kappa shape index (κ1) is 32.1. The molecule has 0 amide bonds. The minimum absolute atomic E-state index is 0.116. The van der Waals surface area contributed by atoms with Gasteiger partial charge < -0.3 is 4.74 Å². The van der Waals surface area contributed by atoms with E-state index >= 15 is 4.39 Å². The number of benzene rings is 3. The van der Waals surface area contributed by atoms with Crippen LogP contribution in [0.5, 0.6) is 5.75 Å². The van der Waals surface area contributed by atoms with Crippen LogP contribution < -0.4 is 4.74 Å². The molecule has 5 rings (SSSR count). The number of hydrogen-bond acceptors (Lipinski definition) is 1. The zero-order chi connectivity index (χ0) is 30.9. The summed E-state index contributed by atoms with van der Waals surface area (Å²) in [6.45, 7) is 4.45. The van der Waals surface area contributed by atoms with Crippen molar-refractivity contribution >= 4 is 5.57 Å². The van der Waals surface area contributed by atoms with E-state index in [1.165, 1.54) is 75.5 Å². The van der Waals surface area contributed by atoms with Crippen molar-refractivity contribution in [3.8, 4) is 28.0 Å². The van der Waals surface area contributed by atoms with Gasteiger partial charge in [0.25, 0.3) is 0 Å². The van der Waals surface area contributed by atoms with Gasteiger partial charge in [-0.3, -0.25) is 0 Å². The van der Waals surface area contributed by atoms with Crippen LogP contribution >= 0.6 is 0 Å². The topological polar surface area (TPSA) is 9.23 Å². The second kappa shape index (κ2) is 15.6. The molecule has 234 valence electrons. The Hall–Kier alpha value is -3.27. The maximum Gasteiger partial charge on any atom is 0.201 e. The molecule has 3 aromatic carbocycles. The zero-order valence-electron chi connectivity index (χ0n) is 26.4. The molecule has 1 fully saturated rings. The van der Waals surface area contributed by atoms with Gasteiger partial charge in [-0.1, -0.05) is 107 Å². The molecule has 0 bridgehead atoms. The predicted octanol–water partition coefficient (Wildman–Crippen LogP) is 12.4. The molecule has 1 unspecified atom stereocenters. The Balaban J connectivity index is 1.19. The normalized spacial score (nSPS) is 20.6. The fourth-order valence-electron chi connectivity index (χ4n) is 7.19. The monoisotopic (exact) mass is 600 g/mol. The van der Waals surface area contributed by atoms with E-state index in [0.29, 0.717) is 16.7 Å². The second-order valence-corrected chi connectivity index (χ2v) is 12.7. The summed E-state index contributed by atoms with van der Waals surface area (Å²) in [4.78, 5) is 0. The molecule has 0 spiro atoms. The largest absolute Gasteiger partial charge is 0.486 e. The third-order valence-electron chi connectivity index (χ3n) is 9.86. The lowest BCUT2D eigenvalue weighted by molar-refractivity contribution is 0.187. The van der Waals surface area contributed by atoms with Gasteiger partial charge in [-0.25, -0.2) is 8.78 Å². The lowest BCUT2D eigenvalue weighted by Gasteiger charge is -2.35. The van der Waals surface area contributed by atoms with Crippen LogP contribution in [-0.2, 0) is 0 Å². The van der Waals surface area contributed by atoms with Crippen LogP contribution in [0.25, 0.3) is 27.8 Å². The van der Waals surface area contributed by atoms with Gasteiger partial charge in [-0.05, 0) is 96.7 Å². The smallest absolute Gasteiger partial charge is 0.201 e. The molecule has 0 aromatic heterocycles. The molecule has 3 aromatic rings. The second-order valence-electron chi connectivity index (χ2n) is 12.7. The van der Waals surface area contributed by atoms with Crippen molar-refractivity contribution in [1.29, 1.82) is 0 Å². The Morgan fingerprint density at radius 2 is 1.43 bits per heavy atom. The molecule has 0 saturated heterocycles. The first-order chi connectivity index (χ1) is 21.5. The van der Waals surface area contributed by atoms with Crippen molar-refractivity contribution in [3.63, 3.8) is 0 Å². The van der Waals surface area contributed by atoms with Gasteiger partial charge in [0.1, 0.15) is 12.4 Å². The maximum atomic E-state index is 15.4. The molecule has 44 heavy (non-hydrogen) atoms. The highest BCUT2D eigenvalue weighted by molar-refractivity contribution is 5.74. The van der Waals surface area contributed by atoms with Crippen LogP contribution in [0.4, 0.5) is 13.2 Å². The van der Waals surface area contributed by atoms with Gasteiger partial charge in [-0.15, -0.1) is 0 Å². The first-order valence-corrected chi connectivity index (χ1v) is 16.8. The van der Waals surface area contributed by atoms with Crippen molar-refractivity contribution < 1.29 is 17.9 Å². The standard InChI is InChI=1S/C40H47F3O/c1-3-5-7-9-28-10-12-29(13-11-28)30-14-16-31(17-15-30)34-22-23-35(37(41)27-34)32-18-20-33(21-19-32)36-24-25-38(40(43)39(36)42)44-26-8-6-4-2/h6,8,16,18-25,27-30H,3-5,7,9-15,17,26H2,1-2H3. The molecule has 2 aliphatic rings. The van der Waals surface area contributed by atoms with E-state index in [1.54, 1.807) is 36.4 Å². The van der Waals surface area contributed by atoms with Crippen molar-refractivity contribution in [2.45, 2.75) is 90.9 Å². The van der Waals surface area contributed by atoms with Gasteiger partial charge >= 0.3 is 0 Å². The number of rotatable bonds is 12. The number of unbranched alkanes of at least 4 members (excludes halogenated alkanes) is 2. The van der Waals surface area contributed by atoms with Crippen LogP contribution in [0, 0.1) is 35.2 Å². The summed E-state index contributed by atoms with van der Waals surface area (Å²) in [5.41, 5.74) is 4.08. The number of ether oxygens (including phenoxy) is 1. The van der Waals surface area contributed by atoms with Gasteiger partial charge in [0, 0.05) is 11.1 Å². The molecular formula is C40H47F3O. The number of halogens is 3. The Labute approximate surface area is 262 Å². The van der Waals surface area contributed by atoms with E-state index in [2.05, 4.69) is 13.0 Å². The quantitative estimate of drug-likeness (QED) is 0.148. The molecule has 0 heterocycles. The highest BCUT2D eigenvalue weighted by Crippen LogP contribution is 2.42. The summed E-state index contributed by atoms with van der Waals surface area (Å²) < 4.78 is 50.3. The van der Waals surface area contributed by atoms with E-state index in [9.17, 15) is 8.78 Å². The molecule has 0 radical (unpaired) electrons. The predicted molar refractivity (Wildman–Crippen MR) is 177 cm³/mol. The molecule has 4 heteroatoms. The molecule has 1 nitrogen and oxygen atoms in total. The zero-order valence-corrected chi connectivity index (χ0v) is 26.4. The van der Waals surface area contributed by atoms with E-state index < -0.39 is 11.6 Å². The Morgan fingerprint density at radius 3 is 2.09 bits per heavy atom. The summed E-state index contributed by atoms with van der Waals surface area (Å²) in [6, 6.07) is 15.4. The molecule has 1 saturated carbocycles. The van der Waals surface area contributed by atoms with Crippen LogP contribution in [0.15, 0.2) is 72.8 Å². The van der Waals surface area contributed by atoms with Gasteiger partial charge in [0.2, 0.25) is 5.82 Å². The number of hydrogen-bond donors (Lipinski definition) is 0.